The Kier molecular flexibility index (Phi) is 7.48. The van der Waals surface area contributed by atoms with Crippen LogP contribution >= 0.6 is 22.7 Å². The van der Waals surface area contributed by atoms with Crippen molar-refractivity contribution >= 4 is 28.6 Å². The van der Waals surface area contributed by atoms with Crippen molar-refractivity contribution in [3.05, 3.63) is 51.2 Å². The first-order chi connectivity index (χ1) is 14.1. The lowest BCUT2D eigenvalue weighted by atomic mass is 10.1. The molecule has 0 bridgehead atoms. The summed E-state index contributed by atoms with van der Waals surface area (Å²) < 4.78 is 10.6. The zero-order chi connectivity index (χ0) is 20.6. The number of aliphatic imine (C=N–C) groups is 1. The second kappa shape index (κ2) is 10.3. The van der Waals surface area contributed by atoms with Gasteiger partial charge in [-0.15, -0.1) is 22.7 Å². The van der Waals surface area contributed by atoms with Gasteiger partial charge in [-0.1, -0.05) is 6.07 Å². The monoisotopic (exact) mass is 430 g/mol. The molecule has 29 heavy (non-hydrogen) atoms. The molecule has 0 radical (unpaired) electrons. The first kappa shape index (κ1) is 21.1. The topological polar surface area (TPSA) is 81.8 Å². The Labute approximate surface area is 179 Å². The molecule has 0 spiro atoms. The average Bonchev–Trinajstić information content (AvgIpc) is 3.36. The summed E-state index contributed by atoms with van der Waals surface area (Å²) in [6.07, 6.45) is 1.68. The van der Waals surface area contributed by atoms with Crippen molar-refractivity contribution in [1.29, 1.82) is 0 Å². The minimum Gasteiger partial charge on any atom is -0.493 e. The molecule has 1 aromatic carbocycles. The van der Waals surface area contributed by atoms with Gasteiger partial charge in [0, 0.05) is 29.8 Å². The SMILES string of the molecule is COc1ccc(CCNC(N)=NCCc2ccc(-c3csc(C)n3)s2)cc1OC. The molecule has 8 heteroatoms. The molecule has 0 amide bonds. The molecule has 6 nitrogen and oxygen atoms in total. The van der Waals surface area contributed by atoms with E-state index in [9.17, 15) is 0 Å². The van der Waals surface area contributed by atoms with Gasteiger partial charge in [0.1, 0.15) is 0 Å². The quantitative estimate of drug-likeness (QED) is 0.398. The fraction of sp³-hybridized carbons (Fsp3) is 0.333. The summed E-state index contributed by atoms with van der Waals surface area (Å²) in [7, 11) is 3.27. The van der Waals surface area contributed by atoms with Crippen molar-refractivity contribution in [3.8, 4) is 22.1 Å². The Morgan fingerprint density at radius 1 is 1.14 bits per heavy atom. The van der Waals surface area contributed by atoms with E-state index < -0.39 is 0 Å². The van der Waals surface area contributed by atoms with Gasteiger partial charge in [-0.2, -0.15) is 0 Å². The number of nitrogens with two attached hydrogens (primary N) is 1. The van der Waals surface area contributed by atoms with Gasteiger partial charge < -0.3 is 20.5 Å². The number of aryl methyl sites for hydroxylation is 1. The van der Waals surface area contributed by atoms with Crippen LogP contribution in [0.5, 0.6) is 11.5 Å². The predicted molar refractivity (Wildman–Crippen MR) is 122 cm³/mol. The molecule has 0 aliphatic heterocycles. The lowest BCUT2D eigenvalue weighted by molar-refractivity contribution is 0.354. The number of ether oxygens (including phenoxy) is 2. The molecule has 154 valence electrons. The molecular weight excluding hydrogens is 404 g/mol. The van der Waals surface area contributed by atoms with Gasteiger partial charge >= 0.3 is 0 Å². The van der Waals surface area contributed by atoms with E-state index in [0.717, 1.165) is 40.6 Å². The molecule has 0 atom stereocenters. The van der Waals surface area contributed by atoms with Crippen molar-refractivity contribution in [1.82, 2.24) is 10.3 Å². The van der Waals surface area contributed by atoms with E-state index in [1.807, 2.05) is 25.1 Å². The summed E-state index contributed by atoms with van der Waals surface area (Å²) in [5.41, 5.74) is 8.20. The van der Waals surface area contributed by atoms with Crippen LogP contribution in [-0.2, 0) is 12.8 Å². The number of thiazole rings is 1. The molecule has 0 unspecified atom stereocenters. The van der Waals surface area contributed by atoms with Gasteiger partial charge in [0.2, 0.25) is 0 Å². The Hall–Kier alpha value is -2.58. The predicted octanol–water partition coefficient (Wildman–Crippen LogP) is 3.89. The van der Waals surface area contributed by atoms with Crippen LogP contribution in [0.1, 0.15) is 15.4 Å². The summed E-state index contributed by atoms with van der Waals surface area (Å²) in [4.78, 5) is 11.5. The molecule has 3 aromatic rings. The van der Waals surface area contributed by atoms with E-state index in [0.29, 0.717) is 19.0 Å². The van der Waals surface area contributed by atoms with E-state index in [1.165, 1.54) is 9.75 Å². The molecule has 3 N–H and O–H groups in total. The van der Waals surface area contributed by atoms with E-state index >= 15 is 0 Å². The number of benzene rings is 1. The second-order valence-electron chi connectivity index (χ2n) is 6.40. The molecule has 3 rings (SSSR count). The summed E-state index contributed by atoms with van der Waals surface area (Å²) in [6.45, 7) is 3.39. The fourth-order valence-electron chi connectivity index (χ4n) is 2.84. The van der Waals surface area contributed by atoms with E-state index in [2.05, 4.69) is 32.8 Å². The van der Waals surface area contributed by atoms with E-state index in [-0.39, 0.29) is 0 Å². The number of thiophene rings is 1. The first-order valence-electron chi connectivity index (χ1n) is 9.35. The summed E-state index contributed by atoms with van der Waals surface area (Å²) in [5.74, 6) is 1.93. The van der Waals surface area contributed by atoms with Gasteiger partial charge in [0.05, 0.1) is 29.8 Å². The van der Waals surface area contributed by atoms with Crippen molar-refractivity contribution in [2.24, 2.45) is 10.7 Å². The molecule has 0 saturated carbocycles. The van der Waals surface area contributed by atoms with Crippen molar-refractivity contribution in [3.63, 3.8) is 0 Å². The number of nitrogens with zero attached hydrogens (tertiary/aromatic N) is 2. The highest BCUT2D eigenvalue weighted by atomic mass is 32.1. The van der Waals surface area contributed by atoms with Gasteiger partial charge in [0.25, 0.3) is 0 Å². The lowest BCUT2D eigenvalue weighted by Crippen LogP contribution is -2.33. The van der Waals surface area contributed by atoms with Crippen molar-refractivity contribution in [2.45, 2.75) is 19.8 Å². The van der Waals surface area contributed by atoms with Crippen LogP contribution in [0, 0.1) is 6.92 Å². The Bertz CT molecular complexity index is 965. The number of guanidine groups is 1. The van der Waals surface area contributed by atoms with E-state index in [4.69, 9.17) is 15.2 Å². The van der Waals surface area contributed by atoms with Gasteiger partial charge in [-0.25, -0.2) is 4.98 Å². The van der Waals surface area contributed by atoms with Crippen LogP contribution in [0.3, 0.4) is 0 Å². The zero-order valence-electron chi connectivity index (χ0n) is 16.9. The second-order valence-corrected chi connectivity index (χ2v) is 8.63. The third-order valence-corrected chi connectivity index (χ3v) is 6.28. The van der Waals surface area contributed by atoms with E-state index in [1.54, 1.807) is 36.9 Å². The maximum Gasteiger partial charge on any atom is 0.188 e. The zero-order valence-corrected chi connectivity index (χ0v) is 18.5. The highest BCUT2D eigenvalue weighted by Crippen LogP contribution is 2.29. The molecule has 0 fully saturated rings. The Balaban J connectivity index is 1.43. The highest BCUT2D eigenvalue weighted by molar-refractivity contribution is 7.16. The lowest BCUT2D eigenvalue weighted by Gasteiger charge is -2.10. The highest BCUT2D eigenvalue weighted by Gasteiger charge is 2.06. The molecule has 2 aromatic heterocycles. The van der Waals surface area contributed by atoms with Crippen LogP contribution in [0.25, 0.3) is 10.6 Å². The maximum absolute atomic E-state index is 5.99. The van der Waals surface area contributed by atoms with Crippen LogP contribution in [-0.4, -0.2) is 38.3 Å². The first-order valence-corrected chi connectivity index (χ1v) is 11.0. The minimum absolute atomic E-state index is 0.470. The Morgan fingerprint density at radius 2 is 1.97 bits per heavy atom. The summed E-state index contributed by atoms with van der Waals surface area (Å²) in [5, 5.41) is 6.36. The average molecular weight is 431 g/mol. The number of aromatic nitrogens is 1. The fourth-order valence-corrected chi connectivity index (χ4v) is 4.48. The number of rotatable bonds is 9. The summed E-state index contributed by atoms with van der Waals surface area (Å²) >= 11 is 3.44. The number of hydrogen-bond donors (Lipinski definition) is 2. The largest absolute Gasteiger partial charge is 0.493 e. The number of hydrogen-bond acceptors (Lipinski definition) is 6. The number of nitrogens with one attached hydrogen (secondary N) is 1. The third-order valence-electron chi connectivity index (χ3n) is 4.34. The normalized spacial score (nSPS) is 11.5. The summed E-state index contributed by atoms with van der Waals surface area (Å²) in [6, 6.07) is 10.2. The Morgan fingerprint density at radius 3 is 2.69 bits per heavy atom. The molecule has 0 aliphatic carbocycles. The van der Waals surface area contributed by atoms with Crippen molar-refractivity contribution < 1.29 is 9.47 Å². The smallest absolute Gasteiger partial charge is 0.188 e. The van der Waals surface area contributed by atoms with Crippen LogP contribution in [0.2, 0.25) is 0 Å². The van der Waals surface area contributed by atoms with Crippen molar-refractivity contribution in [2.75, 3.05) is 27.3 Å². The van der Waals surface area contributed by atoms with Gasteiger partial charge in [0.15, 0.2) is 17.5 Å². The molecule has 0 aliphatic rings. The van der Waals surface area contributed by atoms with Crippen LogP contribution < -0.4 is 20.5 Å². The third kappa shape index (κ3) is 5.95. The van der Waals surface area contributed by atoms with Crippen LogP contribution in [0.4, 0.5) is 0 Å². The molecular formula is C21H26N4O2S2. The number of methoxy groups -OCH3 is 2. The van der Waals surface area contributed by atoms with Crippen LogP contribution in [0.15, 0.2) is 40.7 Å². The maximum atomic E-state index is 5.99. The van der Waals surface area contributed by atoms with Gasteiger partial charge in [-0.3, -0.25) is 4.99 Å². The minimum atomic E-state index is 0.470. The molecule has 0 saturated heterocycles. The standard InChI is InChI=1S/C21H26N4O2S2/c1-14-25-17(13-28-14)20-7-5-16(29-20)9-11-24-21(22)23-10-8-15-4-6-18(26-2)19(12-15)27-3/h4-7,12-13H,8-11H2,1-3H3,(H3,22,23,24). The molecule has 2 heterocycles. The van der Waals surface area contributed by atoms with Gasteiger partial charge in [-0.05, 0) is 43.2 Å².